The van der Waals surface area contributed by atoms with Gasteiger partial charge in [-0.3, -0.25) is 10.1 Å². The van der Waals surface area contributed by atoms with Crippen molar-refractivity contribution in [1.82, 2.24) is 0 Å². The minimum atomic E-state index is -0.441. The number of nitrogens with zero attached hydrogens (tertiary/aromatic N) is 4. The molecule has 0 radical (unpaired) electrons. The zero-order valence-corrected chi connectivity index (χ0v) is 8.20. The monoisotopic (exact) mass is 206 g/mol. The summed E-state index contributed by atoms with van der Waals surface area (Å²) < 4.78 is 0. The summed E-state index contributed by atoms with van der Waals surface area (Å²) >= 11 is 0. The van der Waals surface area contributed by atoms with Crippen molar-refractivity contribution in [3.05, 3.63) is 50.4 Å². The predicted molar refractivity (Wildman–Crippen MR) is 55.5 cm³/mol. The molecule has 1 atom stereocenters. The number of hydrogen-bond donors (Lipinski definition) is 0. The molecule has 0 N–H and O–H groups in total. The van der Waals surface area contributed by atoms with Crippen molar-refractivity contribution < 1.29 is 4.92 Å². The third kappa shape index (κ3) is 2.96. The molecule has 15 heavy (non-hydrogen) atoms. The molecule has 0 heterocycles. The molecule has 0 saturated carbocycles. The Labute approximate surface area is 86.3 Å². The van der Waals surface area contributed by atoms with Gasteiger partial charge in [0.2, 0.25) is 0 Å². The molecule has 0 bridgehead atoms. The van der Waals surface area contributed by atoms with Gasteiger partial charge in [0.15, 0.2) is 0 Å². The Kier molecular flexibility index (Phi) is 3.65. The molecule has 6 heteroatoms. The van der Waals surface area contributed by atoms with Gasteiger partial charge in [0.1, 0.15) is 0 Å². The lowest BCUT2D eigenvalue weighted by Crippen LogP contribution is -1.98. The standard InChI is InChI=1S/C9H10N4O2/c1-7(6-11-12-10)8-3-2-4-9(5-8)13(14)15/h2-5,7H,6H2,1H3. The van der Waals surface area contributed by atoms with Crippen LogP contribution in [0.5, 0.6) is 0 Å². The molecule has 0 aliphatic heterocycles. The molecule has 0 fully saturated rings. The SMILES string of the molecule is CC(CN=[N+]=[N-])c1cccc([N+](=O)[O-])c1. The van der Waals surface area contributed by atoms with Crippen LogP contribution in [-0.4, -0.2) is 11.5 Å². The molecule has 0 aliphatic rings. The topological polar surface area (TPSA) is 91.9 Å². The molecular formula is C9H10N4O2. The highest BCUT2D eigenvalue weighted by atomic mass is 16.6. The molecule has 0 aromatic heterocycles. The van der Waals surface area contributed by atoms with Gasteiger partial charge < -0.3 is 0 Å². The normalized spacial score (nSPS) is 11.5. The van der Waals surface area contributed by atoms with E-state index in [1.54, 1.807) is 12.1 Å². The quantitative estimate of drug-likeness (QED) is 0.249. The van der Waals surface area contributed by atoms with Gasteiger partial charge >= 0.3 is 0 Å². The van der Waals surface area contributed by atoms with Crippen molar-refractivity contribution in [1.29, 1.82) is 0 Å². The van der Waals surface area contributed by atoms with Crippen LogP contribution in [0.3, 0.4) is 0 Å². The molecule has 0 spiro atoms. The van der Waals surface area contributed by atoms with Gasteiger partial charge in [-0.2, -0.15) is 0 Å². The highest BCUT2D eigenvalue weighted by Gasteiger charge is 2.09. The lowest BCUT2D eigenvalue weighted by atomic mass is 10.0. The number of benzene rings is 1. The summed E-state index contributed by atoms with van der Waals surface area (Å²) in [6, 6.07) is 6.34. The first kappa shape index (κ1) is 11.0. The number of nitro groups is 1. The smallest absolute Gasteiger partial charge is 0.258 e. The number of rotatable bonds is 4. The highest BCUT2D eigenvalue weighted by molar-refractivity contribution is 5.35. The Morgan fingerprint density at radius 2 is 2.40 bits per heavy atom. The highest BCUT2D eigenvalue weighted by Crippen LogP contribution is 2.20. The molecule has 0 amide bonds. The van der Waals surface area contributed by atoms with Gasteiger partial charge in [-0.1, -0.05) is 24.2 Å². The fourth-order valence-electron chi connectivity index (χ4n) is 1.21. The van der Waals surface area contributed by atoms with Crippen LogP contribution in [0, 0.1) is 10.1 Å². The molecule has 1 aromatic carbocycles. The second kappa shape index (κ2) is 4.97. The summed E-state index contributed by atoms with van der Waals surface area (Å²) in [6.45, 7) is 2.16. The van der Waals surface area contributed by atoms with Gasteiger partial charge in [-0.25, -0.2) is 0 Å². The zero-order chi connectivity index (χ0) is 11.3. The Bertz CT molecular complexity index is 412. The first-order valence-electron chi connectivity index (χ1n) is 4.40. The third-order valence-corrected chi connectivity index (χ3v) is 2.07. The van der Waals surface area contributed by atoms with Crippen molar-refractivity contribution in [3.8, 4) is 0 Å². The second-order valence-electron chi connectivity index (χ2n) is 3.17. The van der Waals surface area contributed by atoms with E-state index < -0.39 is 4.92 Å². The number of hydrogen-bond acceptors (Lipinski definition) is 3. The molecular weight excluding hydrogens is 196 g/mol. The molecule has 0 aliphatic carbocycles. The minimum absolute atomic E-state index is 0.0131. The van der Waals surface area contributed by atoms with Gasteiger partial charge in [0, 0.05) is 23.6 Å². The summed E-state index contributed by atoms with van der Waals surface area (Å²) in [7, 11) is 0. The van der Waals surface area contributed by atoms with Crippen molar-refractivity contribution in [2.75, 3.05) is 6.54 Å². The van der Waals surface area contributed by atoms with Crippen LogP contribution in [0.1, 0.15) is 18.4 Å². The van der Waals surface area contributed by atoms with E-state index in [9.17, 15) is 10.1 Å². The summed E-state index contributed by atoms with van der Waals surface area (Å²) in [5, 5.41) is 13.9. The second-order valence-corrected chi connectivity index (χ2v) is 3.17. The van der Waals surface area contributed by atoms with E-state index in [0.717, 1.165) is 5.56 Å². The van der Waals surface area contributed by atoms with Crippen LogP contribution in [0.15, 0.2) is 29.4 Å². The van der Waals surface area contributed by atoms with Crippen molar-refractivity contribution in [2.24, 2.45) is 5.11 Å². The van der Waals surface area contributed by atoms with Crippen LogP contribution >= 0.6 is 0 Å². The average Bonchev–Trinajstić information content (AvgIpc) is 2.26. The summed E-state index contributed by atoms with van der Waals surface area (Å²) in [4.78, 5) is 12.7. The number of non-ortho nitro benzene ring substituents is 1. The number of nitro benzene ring substituents is 1. The molecule has 78 valence electrons. The third-order valence-electron chi connectivity index (χ3n) is 2.07. The zero-order valence-electron chi connectivity index (χ0n) is 8.20. The average molecular weight is 206 g/mol. The number of azide groups is 1. The maximum Gasteiger partial charge on any atom is 0.269 e. The molecule has 1 unspecified atom stereocenters. The first-order valence-corrected chi connectivity index (χ1v) is 4.40. The van der Waals surface area contributed by atoms with Crippen LogP contribution in [0.25, 0.3) is 10.4 Å². The van der Waals surface area contributed by atoms with E-state index in [1.807, 2.05) is 6.92 Å². The lowest BCUT2D eigenvalue weighted by Gasteiger charge is -2.07. The van der Waals surface area contributed by atoms with Crippen LogP contribution < -0.4 is 0 Å². The van der Waals surface area contributed by atoms with Crippen LogP contribution in [-0.2, 0) is 0 Å². The van der Waals surface area contributed by atoms with E-state index in [4.69, 9.17) is 5.53 Å². The largest absolute Gasteiger partial charge is 0.269 e. The van der Waals surface area contributed by atoms with E-state index in [1.165, 1.54) is 12.1 Å². The Morgan fingerprint density at radius 1 is 1.67 bits per heavy atom. The van der Waals surface area contributed by atoms with E-state index in [2.05, 4.69) is 10.0 Å². The van der Waals surface area contributed by atoms with E-state index in [-0.39, 0.29) is 11.6 Å². The predicted octanol–water partition coefficient (Wildman–Crippen LogP) is 3.01. The van der Waals surface area contributed by atoms with Crippen molar-refractivity contribution in [3.63, 3.8) is 0 Å². The van der Waals surface area contributed by atoms with Crippen LogP contribution in [0.2, 0.25) is 0 Å². The lowest BCUT2D eigenvalue weighted by molar-refractivity contribution is -0.384. The first-order chi connectivity index (χ1) is 7.15. The fourth-order valence-corrected chi connectivity index (χ4v) is 1.21. The van der Waals surface area contributed by atoms with Gasteiger partial charge in [0.05, 0.1) is 4.92 Å². The molecule has 1 aromatic rings. The fraction of sp³-hybridized carbons (Fsp3) is 0.333. The molecule has 1 rings (SSSR count). The Balaban J connectivity index is 2.89. The maximum atomic E-state index is 10.5. The minimum Gasteiger partial charge on any atom is -0.258 e. The van der Waals surface area contributed by atoms with E-state index in [0.29, 0.717) is 6.54 Å². The molecule has 6 nitrogen and oxygen atoms in total. The van der Waals surface area contributed by atoms with Gasteiger partial charge in [0.25, 0.3) is 5.69 Å². The van der Waals surface area contributed by atoms with Crippen molar-refractivity contribution >= 4 is 5.69 Å². The maximum absolute atomic E-state index is 10.5. The summed E-state index contributed by atoms with van der Waals surface area (Å²) in [6.07, 6.45) is 0. The summed E-state index contributed by atoms with van der Waals surface area (Å²) in [5.41, 5.74) is 9.01. The van der Waals surface area contributed by atoms with Gasteiger partial charge in [-0.05, 0) is 17.0 Å². The Morgan fingerprint density at radius 3 is 3.00 bits per heavy atom. The van der Waals surface area contributed by atoms with Crippen molar-refractivity contribution in [2.45, 2.75) is 12.8 Å². The Hall–Kier alpha value is -2.07. The molecule has 0 saturated heterocycles. The van der Waals surface area contributed by atoms with E-state index >= 15 is 0 Å². The van der Waals surface area contributed by atoms with Crippen LogP contribution in [0.4, 0.5) is 5.69 Å². The van der Waals surface area contributed by atoms with Gasteiger partial charge in [-0.15, -0.1) is 0 Å². The summed E-state index contributed by atoms with van der Waals surface area (Å²) in [5.74, 6) is -0.0131.